The molecule has 0 saturated carbocycles. The van der Waals surface area contributed by atoms with Gasteiger partial charge in [0.15, 0.2) is 11.8 Å². The molecule has 0 spiro atoms. The molecule has 0 radical (unpaired) electrons. The van der Waals surface area contributed by atoms with Crippen LogP contribution in [-0.2, 0) is 16.6 Å². The zero-order valence-corrected chi connectivity index (χ0v) is 15.5. The SMILES string of the molecule is Cc1cnc(CS(=O)c2nc3ccccc3[nH]2)c(C)c1OCC(C)(F)F. The highest BCUT2D eigenvalue weighted by molar-refractivity contribution is 7.84. The molecule has 8 heteroatoms. The van der Waals surface area contributed by atoms with E-state index in [1.807, 2.05) is 24.3 Å². The van der Waals surface area contributed by atoms with E-state index < -0.39 is 23.3 Å². The van der Waals surface area contributed by atoms with E-state index in [-0.39, 0.29) is 5.75 Å². The molecule has 0 aliphatic heterocycles. The van der Waals surface area contributed by atoms with E-state index in [2.05, 4.69) is 15.0 Å². The summed E-state index contributed by atoms with van der Waals surface area (Å²) in [7, 11) is -1.45. The molecule has 3 aromatic rings. The van der Waals surface area contributed by atoms with Gasteiger partial charge in [-0.25, -0.2) is 13.8 Å². The lowest BCUT2D eigenvalue weighted by Gasteiger charge is -2.17. The van der Waals surface area contributed by atoms with E-state index >= 15 is 0 Å². The average molecular weight is 379 g/mol. The van der Waals surface area contributed by atoms with Crippen molar-refractivity contribution in [3.05, 3.63) is 47.3 Å². The van der Waals surface area contributed by atoms with Gasteiger partial charge >= 0.3 is 0 Å². The van der Waals surface area contributed by atoms with Crippen LogP contribution in [0.2, 0.25) is 0 Å². The molecule has 1 N–H and O–H groups in total. The Morgan fingerprint density at radius 2 is 2.00 bits per heavy atom. The third-order valence-corrected chi connectivity index (χ3v) is 5.03. The van der Waals surface area contributed by atoms with Crippen LogP contribution in [-0.4, -0.2) is 31.7 Å². The Morgan fingerprint density at radius 3 is 2.69 bits per heavy atom. The van der Waals surface area contributed by atoms with Crippen molar-refractivity contribution in [3.63, 3.8) is 0 Å². The van der Waals surface area contributed by atoms with Gasteiger partial charge in [-0.3, -0.25) is 9.19 Å². The van der Waals surface area contributed by atoms with Gasteiger partial charge in [0.1, 0.15) is 5.75 Å². The Morgan fingerprint density at radius 1 is 1.27 bits per heavy atom. The second-order valence-corrected chi connectivity index (χ2v) is 7.62. The molecule has 1 aromatic carbocycles. The Balaban J connectivity index is 1.83. The number of aromatic amines is 1. The number of aryl methyl sites for hydroxylation is 1. The fraction of sp³-hybridized carbons (Fsp3) is 0.333. The van der Waals surface area contributed by atoms with Crippen molar-refractivity contribution in [2.24, 2.45) is 0 Å². The Hall–Kier alpha value is -2.35. The highest BCUT2D eigenvalue weighted by Gasteiger charge is 2.24. The molecule has 0 aliphatic rings. The summed E-state index contributed by atoms with van der Waals surface area (Å²) < 4.78 is 44.2. The molecular formula is C18H19F2N3O2S. The number of nitrogens with one attached hydrogen (secondary N) is 1. The van der Waals surface area contributed by atoms with Crippen molar-refractivity contribution in [1.29, 1.82) is 0 Å². The van der Waals surface area contributed by atoms with Gasteiger partial charge in [-0.05, 0) is 26.0 Å². The zero-order chi connectivity index (χ0) is 18.9. The van der Waals surface area contributed by atoms with Crippen LogP contribution in [0.3, 0.4) is 0 Å². The van der Waals surface area contributed by atoms with Crippen molar-refractivity contribution >= 4 is 21.8 Å². The average Bonchev–Trinajstić information content (AvgIpc) is 3.00. The molecule has 2 heterocycles. The minimum atomic E-state index is -2.93. The fourth-order valence-electron chi connectivity index (χ4n) is 2.55. The number of halogens is 2. The van der Waals surface area contributed by atoms with Crippen LogP contribution in [0.25, 0.3) is 11.0 Å². The third-order valence-electron chi connectivity index (χ3n) is 3.87. The molecule has 26 heavy (non-hydrogen) atoms. The summed E-state index contributed by atoms with van der Waals surface area (Å²) >= 11 is 0. The first kappa shape index (κ1) is 18.4. The lowest BCUT2D eigenvalue weighted by molar-refractivity contribution is -0.0233. The van der Waals surface area contributed by atoms with Gasteiger partial charge in [-0.1, -0.05) is 12.1 Å². The van der Waals surface area contributed by atoms with Crippen molar-refractivity contribution < 1.29 is 17.7 Å². The maximum Gasteiger partial charge on any atom is 0.278 e. The van der Waals surface area contributed by atoms with Crippen molar-refractivity contribution in [2.75, 3.05) is 6.61 Å². The number of imidazole rings is 1. The highest BCUT2D eigenvalue weighted by Crippen LogP contribution is 2.27. The van der Waals surface area contributed by atoms with E-state index in [4.69, 9.17) is 4.74 Å². The number of fused-ring (bicyclic) bond motifs is 1. The second kappa shape index (κ2) is 7.11. The summed E-state index contributed by atoms with van der Waals surface area (Å²) in [5.41, 5.74) is 3.34. The summed E-state index contributed by atoms with van der Waals surface area (Å²) in [5.74, 6) is -2.46. The van der Waals surface area contributed by atoms with Crippen LogP contribution in [0.15, 0.2) is 35.6 Å². The van der Waals surface area contributed by atoms with Crippen LogP contribution >= 0.6 is 0 Å². The number of para-hydroxylation sites is 2. The molecule has 1 unspecified atom stereocenters. The number of nitrogens with zero attached hydrogens (tertiary/aromatic N) is 2. The summed E-state index contributed by atoms with van der Waals surface area (Å²) in [6.45, 7) is 3.55. The summed E-state index contributed by atoms with van der Waals surface area (Å²) in [6, 6.07) is 7.41. The first-order valence-electron chi connectivity index (χ1n) is 8.03. The van der Waals surface area contributed by atoms with Crippen molar-refractivity contribution in [1.82, 2.24) is 15.0 Å². The summed E-state index contributed by atoms with van der Waals surface area (Å²) in [4.78, 5) is 11.7. The van der Waals surface area contributed by atoms with E-state index in [1.165, 1.54) is 0 Å². The number of hydrogen-bond acceptors (Lipinski definition) is 4. The largest absolute Gasteiger partial charge is 0.487 e. The normalized spacial score (nSPS) is 13.1. The zero-order valence-electron chi connectivity index (χ0n) is 14.7. The van der Waals surface area contributed by atoms with Crippen LogP contribution in [0.1, 0.15) is 23.7 Å². The van der Waals surface area contributed by atoms with Gasteiger partial charge in [0.2, 0.25) is 0 Å². The van der Waals surface area contributed by atoms with Crippen molar-refractivity contribution in [2.45, 2.75) is 37.6 Å². The molecule has 138 valence electrons. The molecule has 0 amide bonds. The van der Waals surface area contributed by atoms with E-state index in [9.17, 15) is 13.0 Å². The molecule has 0 aliphatic carbocycles. The maximum atomic E-state index is 13.1. The second-order valence-electron chi connectivity index (χ2n) is 6.25. The lowest BCUT2D eigenvalue weighted by atomic mass is 10.1. The van der Waals surface area contributed by atoms with E-state index in [0.717, 1.165) is 18.0 Å². The summed E-state index contributed by atoms with van der Waals surface area (Å²) in [6.07, 6.45) is 1.54. The van der Waals surface area contributed by atoms with Gasteiger partial charge in [0.05, 0.1) is 33.3 Å². The Kier molecular flexibility index (Phi) is 5.04. The topological polar surface area (TPSA) is 67.9 Å². The highest BCUT2D eigenvalue weighted by atomic mass is 32.2. The summed E-state index contributed by atoms with van der Waals surface area (Å²) in [5, 5.41) is 0.357. The number of benzene rings is 1. The molecule has 2 aromatic heterocycles. The molecule has 0 saturated heterocycles. The van der Waals surface area contributed by atoms with Crippen LogP contribution in [0.4, 0.5) is 8.78 Å². The predicted molar refractivity (Wildman–Crippen MR) is 96.0 cm³/mol. The van der Waals surface area contributed by atoms with Gasteiger partial charge < -0.3 is 9.72 Å². The van der Waals surface area contributed by atoms with Crippen LogP contribution in [0.5, 0.6) is 5.75 Å². The minimum Gasteiger partial charge on any atom is -0.487 e. The van der Waals surface area contributed by atoms with Gasteiger partial charge in [-0.15, -0.1) is 0 Å². The molecule has 3 rings (SSSR count). The van der Waals surface area contributed by atoms with Gasteiger partial charge in [-0.2, -0.15) is 0 Å². The fourth-order valence-corrected chi connectivity index (χ4v) is 3.65. The smallest absolute Gasteiger partial charge is 0.278 e. The third kappa shape index (κ3) is 4.07. The predicted octanol–water partition coefficient (Wildman–Crippen LogP) is 3.92. The molecule has 0 bridgehead atoms. The Bertz CT molecular complexity index is 934. The lowest BCUT2D eigenvalue weighted by Crippen LogP contribution is -2.22. The van der Waals surface area contributed by atoms with Crippen LogP contribution in [0, 0.1) is 13.8 Å². The first-order valence-corrected chi connectivity index (χ1v) is 9.35. The Labute approximate surface area is 152 Å². The standard InChI is InChI=1S/C18H19F2N3O2S/c1-11-8-21-15(12(2)16(11)25-10-18(3,19)20)9-26(24)17-22-13-6-4-5-7-14(13)23-17/h4-8H,9-10H2,1-3H3,(H,22,23). The monoisotopic (exact) mass is 379 g/mol. The molecular weight excluding hydrogens is 360 g/mol. The first-order chi connectivity index (χ1) is 12.2. The number of ether oxygens (including phenoxy) is 1. The van der Waals surface area contributed by atoms with Gasteiger partial charge in [0.25, 0.3) is 5.92 Å². The number of aromatic nitrogens is 3. The van der Waals surface area contributed by atoms with Gasteiger partial charge in [0, 0.05) is 24.2 Å². The molecule has 5 nitrogen and oxygen atoms in total. The van der Waals surface area contributed by atoms with E-state index in [1.54, 1.807) is 20.0 Å². The minimum absolute atomic E-state index is 0.116. The number of hydrogen-bond donors (Lipinski definition) is 1. The quantitative estimate of drug-likeness (QED) is 0.705. The number of alkyl halides is 2. The molecule has 1 atom stereocenters. The van der Waals surface area contributed by atoms with E-state index in [0.29, 0.717) is 27.7 Å². The van der Waals surface area contributed by atoms with Crippen molar-refractivity contribution in [3.8, 4) is 5.75 Å². The maximum absolute atomic E-state index is 13.1. The number of H-pyrrole nitrogens is 1. The molecule has 0 fully saturated rings. The van der Waals surface area contributed by atoms with Crippen LogP contribution < -0.4 is 4.74 Å². The number of pyridine rings is 1. The number of rotatable bonds is 6.